The van der Waals surface area contributed by atoms with Crippen LogP contribution in [0.15, 0.2) is 72.8 Å². The van der Waals surface area contributed by atoms with Gasteiger partial charge in [0.2, 0.25) is 0 Å². The van der Waals surface area contributed by atoms with Gasteiger partial charge in [-0.2, -0.15) is 0 Å². The number of nitrogens with one attached hydrogen (secondary N) is 10. The van der Waals surface area contributed by atoms with Gasteiger partial charge in [0.1, 0.15) is 0 Å². The van der Waals surface area contributed by atoms with Crippen LogP contribution in [-0.2, 0) is 93.6 Å². The first-order valence-corrected chi connectivity index (χ1v) is 25.9. The molecule has 0 saturated heterocycles. The predicted molar refractivity (Wildman–Crippen MR) is 295 cm³/mol. The van der Waals surface area contributed by atoms with Gasteiger partial charge >= 0.3 is 42.1 Å². The van der Waals surface area contributed by atoms with E-state index in [4.69, 9.17) is 0 Å². The zero-order valence-electron chi connectivity index (χ0n) is 44.1. The normalized spacial score (nSPS) is 13.5. The third kappa shape index (κ3) is 14.8. The minimum Gasteiger partial charge on any atom is -0.481 e. The fraction of sp³-hybridized carbons (Fsp3) is 0.351. The van der Waals surface area contributed by atoms with Crippen LogP contribution in [0.4, 0.5) is 52.4 Å². The van der Waals surface area contributed by atoms with Gasteiger partial charge in [-0.1, -0.05) is 77.9 Å². The molecule has 402 valence electrons. The number of para-hydroxylation sites is 1. The zero-order chi connectivity index (χ0) is 54.9. The van der Waals surface area contributed by atoms with E-state index in [1.165, 1.54) is 24.3 Å². The number of carbonyl (C=O) groups excluding carboxylic acids is 5. The second-order valence-corrected chi connectivity index (χ2v) is 18.3. The number of anilines is 5. The highest BCUT2D eigenvalue weighted by Gasteiger charge is 2.24. The Kier molecular flexibility index (Phi) is 20.2. The molecule has 6 rings (SSSR count). The number of carboxylic acids is 2. The van der Waals surface area contributed by atoms with Gasteiger partial charge in [0, 0.05) is 38.4 Å². The maximum absolute atomic E-state index is 14.1. The molecule has 1 aliphatic rings. The Bertz CT molecular complexity index is 2980. The molecular formula is C57H70N10O9. The highest BCUT2D eigenvalue weighted by molar-refractivity contribution is 6.00. The molecule has 1 aliphatic heterocycles. The lowest BCUT2D eigenvalue weighted by molar-refractivity contribution is -0.137. The summed E-state index contributed by atoms with van der Waals surface area (Å²) >= 11 is 0. The monoisotopic (exact) mass is 1040 g/mol. The number of aryl methyl sites for hydroxylation is 2. The van der Waals surface area contributed by atoms with Crippen LogP contribution in [0.5, 0.6) is 0 Å². The fourth-order valence-corrected chi connectivity index (χ4v) is 10.1. The molecule has 0 saturated carbocycles. The highest BCUT2D eigenvalue weighted by atomic mass is 16.4. The lowest BCUT2D eigenvalue weighted by atomic mass is 9.83. The number of urea groups is 5. The van der Waals surface area contributed by atoms with Crippen LogP contribution in [0, 0.1) is 0 Å². The molecular weight excluding hydrogens is 969 g/mol. The van der Waals surface area contributed by atoms with Crippen molar-refractivity contribution in [3.63, 3.8) is 0 Å². The van der Waals surface area contributed by atoms with Crippen molar-refractivity contribution in [1.82, 2.24) is 26.6 Å². The van der Waals surface area contributed by atoms with E-state index in [0.717, 1.165) is 67.6 Å². The summed E-state index contributed by atoms with van der Waals surface area (Å²) in [6.07, 6.45) is 3.35. The van der Waals surface area contributed by atoms with Gasteiger partial charge in [-0.15, -0.1) is 0 Å². The molecule has 0 aromatic heterocycles. The van der Waals surface area contributed by atoms with E-state index in [1.54, 1.807) is 24.3 Å². The molecule has 0 fully saturated rings. The number of amides is 10. The average Bonchev–Trinajstić information content (AvgIpc) is 3.40. The summed E-state index contributed by atoms with van der Waals surface area (Å²) in [6, 6.07) is 17.5. The molecule has 19 heteroatoms. The van der Waals surface area contributed by atoms with Crippen LogP contribution >= 0.6 is 0 Å². The van der Waals surface area contributed by atoms with E-state index >= 15 is 0 Å². The summed E-state index contributed by atoms with van der Waals surface area (Å²) in [7, 11) is 0. The Morgan fingerprint density at radius 1 is 0.474 bits per heavy atom. The van der Waals surface area contributed by atoms with Gasteiger partial charge < -0.3 is 63.4 Å². The predicted octanol–water partition coefficient (Wildman–Crippen LogP) is 9.28. The summed E-state index contributed by atoms with van der Waals surface area (Å²) < 4.78 is 0. The average molecular weight is 1040 g/mol. The summed E-state index contributed by atoms with van der Waals surface area (Å²) in [5.41, 5.74) is 12.3. The molecule has 10 amide bonds. The number of aliphatic carboxylic acids is 2. The molecule has 19 nitrogen and oxygen atoms in total. The SMILES string of the molecule is CCc1cc(CC)c2c(CC)c1CCNC(=O)Nc1cc(CC(=O)O)ccc1NC(=O)NCc1c(CC)c(CNC(=O)Nc3ccccc3)c(CC)c(c1CC)CNC(=O)Nc1ccc(CC(=O)O)cc1NC(=O)NC2. The second kappa shape index (κ2) is 27.1. The highest BCUT2D eigenvalue weighted by Crippen LogP contribution is 2.33. The number of rotatable bonds is 13. The van der Waals surface area contributed by atoms with Crippen LogP contribution in [-0.4, -0.2) is 58.9 Å². The van der Waals surface area contributed by atoms with E-state index < -0.39 is 42.1 Å². The van der Waals surface area contributed by atoms with E-state index in [1.807, 2.05) is 52.8 Å². The van der Waals surface area contributed by atoms with Crippen molar-refractivity contribution >= 4 is 70.5 Å². The Balaban J connectivity index is 1.43. The number of hydrogen-bond donors (Lipinski definition) is 12. The number of carbonyl (C=O) groups is 7. The van der Waals surface area contributed by atoms with E-state index in [9.17, 15) is 43.8 Å². The first-order chi connectivity index (χ1) is 36.6. The van der Waals surface area contributed by atoms with E-state index in [-0.39, 0.29) is 68.3 Å². The maximum Gasteiger partial charge on any atom is 0.319 e. The van der Waals surface area contributed by atoms with Gasteiger partial charge in [-0.05, 0) is 154 Å². The van der Waals surface area contributed by atoms with Crippen LogP contribution in [0.3, 0.4) is 0 Å². The van der Waals surface area contributed by atoms with Crippen LogP contribution < -0.4 is 53.2 Å². The van der Waals surface area contributed by atoms with Crippen molar-refractivity contribution in [2.45, 2.75) is 126 Å². The molecule has 0 radical (unpaired) electrons. The quantitative estimate of drug-likeness (QED) is 0.0535. The molecule has 12 N–H and O–H groups in total. The first-order valence-electron chi connectivity index (χ1n) is 25.9. The van der Waals surface area contributed by atoms with Crippen LogP contribution in [0.25, 0.3) is 0 Å². The van der Waals surface area contributed by atoms with Crippen molar-refractivity contribution in [3.05, 3.63) is 145 Å². The van der Waals surface area contributed by atoms with Crippen LogP contribution in [0.1, 0.15) is 114 Å². The Labute approximate surface area is 443 Å². The lowest BCUT2D eigenvalue weighted by Crippen LogP contribution is -2.34. The standard InChI is InChI=1S/C57H70N10O9/c1-7-35-28-36(8-2)43-29-59-57(76)67-50-25-34(27-52(70)71)19-21-48(50)65-56(75)62-32-46-40(11-5)44(30-60-54(73)63-37-16-14-13-15-17-37)39(10-4)45(41(46)12-6)31-61-55(74)64-47-20-18-33(26-51(68)69)24-49(47)66-53(72)58-23-22-42(35)38(43)9-3/h13-21,24-25,28H,7-12,22-23,26-27,29-32H2,1-6H3,(H,68,69)(H,70,71)(H2,58,66,72)(H2,59,67,76)(H2,60,63,73)(H2,61,64,74)(H2,62,65,75). The molecule has 0 spiro atoms. The second-order valence-electron chi connectivity index (χ2n) is 18.3. The van der Waals surface area contributed by atoms with E-state index in [0.29, 0.717) is 55.3 Å². The van der Waals surface area contributed by atoms with E-state index in [2.05, 4.69) is 66.2 Å². The van der Waals surface area contributed by atoms with Crippen LogP contribution in [0.2, 0.25) is 0 Å². The Morgan fingerprint density at radius 2 is 0.908 bits per heavy atom. The molecule has 0 unspecified atom stereocenters. The van der Waals surface area contributed by atoms with Crippen molar-refractivity contribution in [2.75, 3.05) is 33.1 Å². The van der Waals surface area contributed by atoms with Gasteiger partial charge in [0.15, 0.2) is 0 Å². The maximum atomic E-state index is 14.1. The largest absolute Gasteiger partial charge is 0.481 e. The molecule has 5 aromatic carbocycles. The molecule has 5 aromatic rings. The molecule has 0 aliphatic carbocycles. The molecule has 0 atom stereocenters. The van der Waals surface area contributed by atoms with Gasteiger partial charge in [-0.25, -0.2) is 24.0 Å². The fourth-order valence-electron chi connectivity index (χ4n) is 10.1. The van der Waals surface area contributed by atoms with Crippen molar-refractivity contribution in [2.24, 2.45) is 0 Å². The lowest BCUT2D eigenvalue weighted by Gasteiger charge is -2.27. The minimum atomic E-state index is -1.08. The van der Waals surface area contributed by atoms with Gasteiger partial charge in [-0.3, -0.25) is 9.59 Å². The number of hydrogen-bond acceptors (Lipinski definition) is 7. The summed E-state index contributed by atoms with van der Waals surface area (Å²) in [5, 5.41) is 48.4. The smallest absolute Gasteiger partial charge is 0.319 e. The van der Waals surface area contributed by atoms with Gasteiger partial charge in [0.05, 0.1) is 35.6 Å². The third-order valence-corrected chi connectivity index (χ3v) is 13.5. The summed E-state index contributed by atoms with van der Waals surface area (Å²) in [5.74, 6) is -2.15. The Hall–Kier alpha value is -8.61. The van der Waals surface area contributed by atoms with Crippen molar-refractivity contribution < 1.29 is 43.8 Å². The minimum absolute atomic E-state index is 0.0169. The molecule has 1 heterocycles. The number of carboxylic acid groups (broad SMARTS) is 2. The number of benzene rings is 5. The molecule has 4 bridgehead atoms. The van der Waals surface area contributed by atoms with Crippen molar-refractivity contribution in [1.29, 1.82) is 0 Å². The summed E-state index contributed by atoms with van der Waals surface area (Å²) in [6.45, 7) is 12.6. The number of fused-ring (bicyclic) bond motifs is 6. The molecule has 76 heavy (non-hydrogen) atoms. The third-order valence-electron chi connectivity index (χ3n) is 13.5. The van der Waals surface area contributed by atoms with Gasteiger partial charge in [0.25, 0.3) is 0 Å². The Morgan fingerprint density at radius 3 is 1.37 bits per heavy atom. The summed E-state index contributed by atoms with van der Waals surface area (Å²) in [4.78, 5) is 92.6. The zero-order valence-corrected chi connectivity index (χ0v) is 44.1. The first kappa shape index (κ1) is 56.7. The van der Waals surface area contributed by atoms with Crippen molar-refractivity contribution in [3.8, 4) is 0 Å². The topological polar surface area (TPSA) is 280 Å².